The van der Waals surface area contributed by atoms with Crippen molar-refractivity contribution in [1.82, 2.24) is 19.3 Å². The molecular weight excluding hydrogens is 324 g/mol. The fourth-order valence-corrected chi connectivity index (χ4v) is 3.70. The van der Waals surface area contributed by atoms with Crippen LogP contribution in [0.15, 0.2) is 52.0 Å². The van der Waals surface area contributed by atoms with Crippen LogP contribution in [0.2, 0.25) is 0 Å². The van der Waals surface area contributed by atoms with Crippen LogP contribution in [-0.2, 0) is 16.6 Å². The number of nitrogens with one attached hydrogen (secondary N) is 1. The molecule has 0 saturated carbocycles. The Labute approximate surface area is 130 Å². The second-order valence-electron chi connectivity index (χ2n) is 4.46. The summed E-state index contributed by atoms with van der Waals surface area (Å²) in [4.78, 5) is 20.2. The van der Waals surface area contributed by atoms with Gasteiger partial charge in [-0.05, 0) is 23.6 Å². The van der Waals surface area contributed by atoms with Crippen molar-refractivity contribution in [3.8, 4) is 0 Å². The maximum absolute atomic E-state index is 12.2. The minimum absolute atomic E-state index is 0.0918. The van der Waals surface area contributed by atoms with E-state index in [0.717, 1.165) is 0 Å². The predicted molar refractivity (Wildman–Crippen MR) is 83.3 cm³/mol. The zero-order valence-corrected chi connectivity index (χ0v) is 13.0. The number of hydrogen-bond donors (Lipinski definition) is 1. The molecule has 3 heterocycles. The van der Waals surface area contributed by atoms with Gasteiger partial charge in [0.05, 0.1) is 11.8 Å². The number of fused-ring (bicyclic) bond motifs is 1. The summed E-state index contributed by atoms with van der Waals surface area (Å²) in [5.41, 5.74) is 0.489. The highest BCUT2D eigenvalue weighted by Crippen LogP contribution is 2.13. The number of aromatic nitrogens is 3. The second kappa shape index (κ2) is 5.95. The lowest BCUT2D eigenvalue weighted by Crippen LogP contribution is -2.30. The standard InChI is InChI=1S/C13H12N4O3S2/c18-13-12-11(3-7-21-12)15-9-17(13)6-5-16-22(19,20)10-2-1-4-14-8-10/h1-4,7-9,16H,5-6H2. The van der Waals surface area contributed by atoms with E-state index in [4.69, 9.17) is 0 Å². The molecule has 0 aliphatic carbocycles. The monoisotopic (exact) mass is 336 g/mol. The van der Waals surface area contributed by atoms with Crippen molar-refractivity contribution >= 4 is 31.6 Å². The van der Waals surface area contributed by atoms with Crippen LogP contribution in [0.5, 0.6) is 0 Å². The van der Waals surface area contributed by atoms with E-state index < -0.39 is 10.0 Å². The smallest absolute Gasteiger partial charge is 0.271 e. The van der Waals surface area contributed by atoms with E-state index in [0.29, 0.717) is 10.2 Å². The van der Waals surface area contributed by atoms with Crippen molar-refractivity contribution in [3.05, 3.63) is 52.7 Å². The van der Waals surface area contributed by atoms with Crippen LogP contribution >= 0.6 is 11.3 Å². The van der Waals surface area contributed by atoms with Gasteiger partial charge in [0.2, 0.25) is 10.0 Å². The number of sulfonamides is 1. The van der Waals surface area contributed by atoms with Crippen molar-refractivity contribution in [1.29, 1.82) is 0 Å². The van der Waals surface area contributed by atoms with E-state index in [1.54, 1.807) is 17.5 Å². The summed E-state index contributed by atoms with van der Waals surface area (Å²) in [5.74, 6) is 0. The van der Waals surface area contributed by atoms with Crippen molar-refractivity contribution in [2.45, 2.75) is 11.4 Å². The third-order valence-electron chi connectivity index (χ3n) is 3.03. The molecule has 0 radical (unpaired) electrons. The molecule has 0 aliphatic heterocycles. The lowest BCUT2D eigenvalue weighted by molar-refractivity contribution is 0.569. The van der Waals surface area contributed by atoms with E-state index in [9.17, 15) is 13.2 Å². The molecule has 0 bridgehead atoms. The zero-order valence-electron chi connectivity index (χ0n) is 11.3. The van der Waals surface area contributed by atoms with Gasteiger partial charge in [-0.1, -0.05) is 0 Å². The van der Waals surface area contributed by atoms with E-state index >= 15 is 0 Å². The van der Waals surface area contributed by atoms with Crippen molar-refractivity contribution in [2.24, 2.45) is 0 Å². The summed E-state index contributed by atoms with van der Waals surface area (Å²) in [5, 5.41) is 1.80. The van der Waals surface area contributed by atoms with Crippen molar-refractivity contribution < 1.29 is 8.42 Å². The highest BCUT2D eigenvalue weighted by molar-refractivity contribution is 7.89. The lowest BCUT2D eigenvalue weighted by atomic mass is 10.4. The molecule has 3 aromatic rings. The summed E-state index contributed by atoms with van der Waals surface area (Å²) in [6.07, 6.45) is 4.20. The fourth-order valence-electron chi connectivity index (χ4n) is 1.93. The first-order valence-corrected chi connectivity index (χ1v) is 8.76. The Morgan fingerprint density at radius 3 is 2.95 bits per heavy atom. The largest absolute Gasteiger partial charge is 0.297 e. The topological polar surface area (TPSA) is 94.0 Å². The molecule has 0 amide bonds. The summed E-state index contributed by atoms with van der Waals surface area (Å²) in [6.45, 7) is 0.300. The third kappa shape index (κ3) is 2.91. The molecule has 9 heteroatoms. The molecule has 3 aromatic heterocycles. The van der Waals surface area contributed by atoms with Gasteiger partial charge in [-0.3, -0.25) is 14.3 Å². The first-order valence-electron chi connectivity index (χ1n) is 6.40. The summed E-state index contributed by atoms with van der Waals surface area (Å²) >= 11 is 1.32. The Hall–Kier alpha value is -2.10. The Bertz CT molecular complexity index is 948. The maximum Gasteiger partial charge on any atom is 0.271 e. The van der Waals surface area contributed by atoms with E-state index in [2.05, 4.69) is 14.7 Å². The molecule has 0 fully saturated rings. The van der Waals surface area contributed by atoms with Gasteiger partial charge in [-0.25, -0.2) is 18.1 Å². The van der Waals surface area contributed by atoms with Crippen LogP contribution in [0.4, 0.5) is 0 Å². The van der Waals surface area contributed by atoms with Crippen LogP contribution in [0, 0.1) is 0 Å². The van der Waals surface area contributed by atoms with Crippen LogP contribution in [-0.4, -0.2) is 29.5 Å². The summed E-state index contributed by atoms with van der Waals surface area (Å²) in [7, 11) is -3.62. The van der Waals surface area contributed by atoms with Gasteiger partial charge in [0, 0.05) is 25.5 Å². The molecule has 1 N–H and O–H groups in total. The number of hydrogen-bond acceptors (Lipinski definition) is 6. The summed E-state index contributed by atoms with van der Waals surface area (Å²) < 4.78 is 28.5. The molecule has 0 atom stereocenters. The number of pyridine rings is 1. The Balaban J connectivity index is 1.72. The van der Waals surface area contributed by atoms with Crippen LogP contribution in [0.3, 0.4) is 0 Å². The van der Waals surface area contributed by atoms with Gasteiger partial charge >= 0.3 is 0 Å². The van der Waals surface area contributed by atoms with Crippen molar-refractivity contribution in [2.75, 3.05) is 6.54 Å². The van der Waals surface area contributed by atoms with E-state index in [1.807, 2.05) is 0 Å². The minimum atomic E-state index is -3.62. The fraction of sp³-hybridized carbons (Fsp3) is 0.154. The summed E-state index contributed by atoms with van der Waals surface area (Å²) in [6, 6.07) is 4.78. The predicted octanol–water partition coefficient (Wildman–Crippen LogP) is 0.832. The van der Waals surface area contributed by atoms with Gasteiger partial charge in [-0.2, -0.15) is 0 Å². The average molecular weight is 336 g/mol. The van der Waals surface area contributed by atoms with Crippen molar-refractivity contribution in [3.63, 3.8) is 0 Å². The minimum Gasteiger partial charge on any atom is -0.297 e. The highest BCUT2D eigenvalue weighted by Gasteiger charge is 2.13. The molecule has 0 aliphatic rings. The number of nitrogens with zero attached hydrogens (tertiary/aromatic N) is 3. The molecule has 114 valence electrons. The van der Waals surface area contributed by atoms with Gasteiger partial charge in [0.25, 0.3) is 5.56 Å². The molecule has 0 aromatic carbocycles. The van der Waals surface area contributed by atoms with Gasteiger partial charge in [-0.15, -0.1) is 11.3 Å². The van der Waals surface area contributed by atoms with Gasteiger partial charge in [0.1, 0.15) is 9.60 Å². The Morgan fingerprint density at radius 2 is 2.18 bits per heavy atom. The molecule has 0 saturated heterocycles. The zero-order chi connectivity index (χ0) is 15.6. The molecule has 7 nitrogen and oxygen atoms in total. The highest BCUT2D eigenvalue weighted by atomic mass is 32.2. The molecule has 3 rings (SSSR count). The normalized spacial score (nSPS) is 11.8. The third-order valence-corrected chi connectivity index (χ3v) is 5.36. The maximum atomic E-state index is 12.2. The van der Waals surface area contributed by atoms with Crippen LogP contribution < -0.4 is 10.3 Å². The molecular formula is C13H12N4O3S2. The molecule has 22 heavy (non-hydrogen) atoms. The molecule has 0 unspecified atom stereocenters. The Morgan fingerprint density at radius 1 is 1.32 bits per heavy atom. The second-order valence-corrected chi connectivity index (χ2v) is 7.15. The van der Waals surface area contributed by atoms with E-state index in [1.165, 1.54) is 40.7 Å². The number of thiophene rings is 1. The van der Waals surface area contributed by atoms with Crippen LogP contribution in [0.1, 0.15) is 0 Å². The van der Waals surface area contributed by atoms with Gasteiger partial charge in [0.15, 0.2) is 0 Å². The average Bonchev–Trinajstić information content (AvgIpc) is 3.00. The van der Waals surface area contributed by atoms with Crippen LogP contribution in [0.25, 0.3) is 10.2 Å². The SMILES string of the molecule is O=c1c2sccc2ncn1CCNS(=O)(=O)c1cccnc1. The first-order chi connectivity index (χ1) is 10.6. The number of rotatable bonds is 5. The van der Waals surface area contributed by atoms with E-state index in [-0.39, 0.29) is 23.5 Å². The first kappa shape index (κ1) is 14.8. The lowest BCUT2D eigenvalue weighted by Gasteiger charge is -2.08. The van der Waals surface area contributed by atoms with Gasteiger partial charge < -0.3 is 0 Å². The Kier molecular flexibility index (Phi) is 4.01. The molecule has 0 spiro atoms. The quantitative estimate of drug-likeness (QED) is 0.745.